The standard InChI is InChI=1S/C18H14O5S/c1-12-6-9-14(10-7-12)24(21,22)23-16-11-8-13-4-2-3-5-15(13)17(16)18(19)20/h2-11H,1H3,(H,19,20). The van der Waals surface area contributed by atoms with Gasteiger partial charge >= 0.3 is 16.1 Å². The van der Waals surface area contributed by atoms with E-state index < -0.39 is 16.1 Å². The van der Waals surface area contributed by atoms with Crippen molar-refractivity contribution in [3.05, 3.63) is 71.8 Å². The van der Waals surface area contributed by atoms with Crippen LogP contribution in [0.25, 0.3) is 10.8 Å². The number of aryl methyl sites for hydroxylation is 1. The van der Waals surface area contributed by atoms with Crippen LogP contribution in [-0.2, 0) is 10.1 Å². The fourth-order valence-corrected chi connectivity index (χ4v) is 3.35. The summed E-state index contributed by atoms with van der Waals surface area (Å²) in [6.45, 7) is 1.84. The highest BCUT2D eigenvalue weighted by Gasteiger charge is 2.22. The number of carboxylic acid groups (broad SMARTS) is 1. The molecule has 1 N–H and O–H groups in total. The van der Waals surface area contributed by atoms with Crippen molar-refractivity contribution in [3.8, 4) is 5.75 Å². The van der Waals surface area contributed by atoms with Crippen LogP contribution in [0.4, 0.5) is 0 Å². The van der Waals surface area contributed by atoms with E-state index in [0.29, 0.717) is 10.8 Å². The minimum Gasteiger partial charge on any atom is -0.478 e. The van der Waals surface area contributed by atoms with Gasteiger partial charge in [-0.2, -0.15) is 8.42 Å². The maximum atomic E-state index is 12.4. The largest absolute Gasteiger partial charge is 0.478 e. The summed E-state index contributed by atoms with van der Waals surface area (Å²) in [4.78, 5) is 11.6. The van der Waals surface area contributed by atoms with E-state index in [4.69, 9.17) is 4.18 Å². The molecule has 0 saturated heterocycles. The molecule has 0 unspecified atom stereocenters. The Labute approximate surface area is 139 Å². The molecular weight excluding hydrogens is 328 g/mol. The Balaban J connectivity index is 2.11. The van der Waals surface area contributed by atoms with Gasteiger partial charge in [-0.05, 0) is 30.5 Å². The molecule has 0 aliphatic rings. The van der Waals surface area contributed by atoms with Gasteiger partial charge in [0.05, 0.1) is 0 Å². The van der Waals surface area contributed by atoms with Crippen LogP contribution in [0.15, 0.2) is 65.6 Å². The van der Waals surface area contributed by atoms with Crippen molar-refractivity contribution in [2.45, 2.75) is 11.8 Å². The maximum absolute atomic E-state index is 12.4. The fraction of sp³-hybridized carbons (Fsp3) is 0.0556. The number of aromatic carboxylic acids is 1. The zero-order chi connectivity index (χ0) is 17.3. The van der Waals surface area contributed by atoms with Crippen LogP contribution in [-0.4, -0.2) is 19.5 Å². The zero-order valence-corrected chi connectivity index (χ0v) is 13.6. The number of rotatable bonds is 4. The van der Waals surface area contributed by atoms with Crippen LogP contribution in [0.1, 0.15) is 15.9 Å². The van der Waals surface area contributed by atoms with Crippen molar-refractivity contribution in [2.24, 2.45) is 0 Å². The lowest BCUT2D eigenvalue weighted by atomic mass is 10.0. The summed E-state index contributed by atoms with van der Waals surface area (Å²) in [7, 11) is -4.12. The Morgan fingerprint density at radius 2 is 1.62 bits per heavy atom. The third kappa shape index (κ3) is 2.96. The summed E-state index contributed by atoms with van der Waals surface area (Å²) in [5.41, 5.74) is 0.731. The molecule has 0 radical (unpaired) electrons. The van der Waals surface area contributed by atoms with Crippen molar-refractivity contribution < 1.29 is 22.5 Å². The molecule has 6 heteroatoms. The first-order valence-electron chi connectivity index (χ1n) is 7.15. The molecule has 0 heterocycles. The van der Waals surface area contributed by atoms with Crippen LogP contribution < -0.4 is 4.18 Å². The Morgan fingerprint density at radius 3 is 2.29 bits per heavy atom. The Kier molecular flexibility index (Phi) is 3.99. The quantitative estimate of drug-likeness (QED) is 0.733. The van der Waals surface area contributed by atoms with Gasteiger partial charge in [0, 0.05) is 5.39 Å². The highest BCUT2D eigenvalue weighted by molar-refractivity contribution is 7.87. The number of hydrogen-bond acceptors (Lipinski definition) is 4. The Bertz CT molecular complexity index is 1020. The predicted octanol–water partition coefficient (Wildman–Crippen LogP) is 3.61. The van der Waals surface area contributed by atoms with Gasteiger partial charge in [-0.25, -0.2) is 4.79 Å². The molecule has 0 spiro atoms. The second kappa shape index (κ2) is 5.98. The third-order valence-electron chi connectivity index (χ3n) is 3.61. The average Bonchev–Trinajstić information content (AvgIpc) is 2.54. The summed E-state index contributed by atoms with van der Waals surface area (Å²) in [5.74, 6) is -1.46. The number of benzene rings is 3. The molecule has 0 amide bonds. The molecule has 3 aromatic rings. The van der Waals surface area contributed by atoms with Gasteiger partial charge in [0.2, 0.25) is 0 Å². The molecular formula is C18H14O5S. The van der Waals surface area contributed by atoms with Crippen molar-refractivity contribution >= 4 is 26.9 Å². The second-order valence-electron chi connectivity index (χ2n) is 5.32. The lowest BCUT2D eigenvalue weighted by Gasteiger charge is -2.11. The van der Waals surface area contributed by atoms with Crippen LogP contribution in [0.3, 0.4) is 0 Å². The van der Waals surface area contributed by atoms with Gasteiger partial charge in [0.1, 0.15) is 10.5 Å². The zero-order valence-electron chi connectivity index (χ0n) is 12.8. The number of carboxylic acids is 1. The molecule has 0 aliphatic carbocycles. The summed E-state index contributed by atoms with van der Waals surface area (Å²) in [5, 5.41) is 10.6. The van der Waals surface area contributed by atoms with Crippen LogP contribution in [0.2, 0.25) is 0 Å². The van der Waals surface area contributed by atoms with Crippen molar-refractivity contribution in [1.29, 1.82) is 0 Å². The van der Waals surface area contributed by atoms with Gasteiger partial charge < -0.3 is 9.29 Å². The number of hydrogen-bond donors (Lipinski definition) is 1. The molecule has 0 aromatic heterocycles. The van der Waals surface area contributed by atoms with Gasteiger partial charge in [0.15, 0.2) is 5.75 Å². The topological polar surface area (TPSA) is 80.7 Å². The molecule has 0 atom stereocenters. The van der Waals surface area contributed by atoms with Crippen molar-refractivity contribution in [2.75, 3.05) is 0 Å². The molecule has 3 rings (SSSR count). The molecule has 24 heavy (non-hydrogen) atoms. The Hall–Kier alpha value is -2.86. The van der Waals surface area contributed by atoms with Gasteiger partial charge in [0.25, 0.3) is 0 Å². The lowest BCUT2D eigenvalue weighted by molar-refractivity contribution is 0.0697. The highest BCUT2D eigenvalue weighted by Crippen LogP contribution is 2.30. The van der Waals surface area contributed by atoms with Crippen LogP contribution in [0.5, 0.6) is 5.75 Å². The molecule has 0 bridgehead atoms. The van der Waals surface area contributed by atoms with Crippen molar-refractivity contribution in [1.82, 2.24) is 0 Å². The fourth-order valence-electron chi connectivity index (χ4n) is 2.41. The Morgan fingerprint density at radius 1 is 0.958 bits per heavy atom. The molecule has 0 aliphatic heterocycles. The molecule has 0 fully saturated rings. The minimum absolute atomic E-state index is 0.0300. The van der Waals surface area contributed by atoms with E-state index in [1.165, 1.54) is 18.2 Å². The van der Waals surface area contributed by atoms with E-state index in [0.717, 1.165) is 5.56 Å². The van der Waals surface area contributed by atoms with Crippen LogP contribution >= 0.6 is 0 Å². The summed E-state index contributed by atoms with van der Waals surface area (Å²) < 4.78 is 29.9. The lowest BCUT2D eigenvalue weighted by Crippen LogP contribution is -2.12. The second-order valence-corrected chi connectivity index (χ2v) is 6.86. The number of carbonyl (C=O) groups is 1. The summed E-state index contributed by atoms with van der Waals surface area (Å²) in [6, 6.07) is 16.0. The van der Waals surface area contributed by atoms with E-state index >= 15 is 0 Å². The first kappa shape index (κ1) is 16.0. The van der Waals surface area contributed by atoms with E-state index in [1.807, 2.05) is 6.92 Å². The van der Waals surface area contributed by atoms with E-state index in [1.54, 1.807) is 42.5 Å². The van der Waals surface area contributed by atoms with E-state index in [-0.39, 0.29) is 16.2 Å². The monoisotopic (exact) mass is 342 g/mol. The minimum atomic E-state index is -4.12. The van der Waals surface area contributed by atoms with E-state index in [9.17, 15) is 18.3 Å². The highest BCUT2D eigenvalue weighted by atomic mass is 32.2. The normalized spacial score (nSPS) is 11.4. The molecule has 122 valence electrons. The van der Waals surface area contributed by atoms with Gasteiger partial charge in [-0.3, -0.25) is 0 Å². The van der Waals surface area contributed by atoms with Gasteiger partial charge in [-0.15, -0.1) is 0 Å². The molecule has 0 saturated carbocycles. The summed E-state index contributed by atoms with van der Waals surface area (Å²) in [6.07, 6.45) is 0. The predicted molar refractivity (Wildman–Crippen MR) is 89.9 cm³/mol. The number of fused-ring (bicyclic) bond motifs is 1. The van der Waals surface area contributed by atoms with Crippen LogP contribution in [0, 0.1) is 6.92 Å². The molecule has 3 aromatic carbocycles. The van der Waals surface area contributed by atoms with Gasteiger partial charge in [-0.1, -0.05) is 48.0 Å². The third-order valence-corrected chi connectivity index (χ3v) is 4.86. The first-order valence-corrected chi connectivity index (χ1v) is 8.55. The van der Waals surface area contributed by atoms with E-state index in [2.05, 4.69) is 0 Å². The maximum Gasteiger partial charge on any atom is 0.340 e. The van der Waals surface area contributed by atoms with Crippen molar-refractivity contribution in [3.63, 3.8) is 0 Å². The first-order chi connectivity index (χ1) is 11.4. The molecule has 5 nitrogen and oxygen atoms in total. The average molecular weight is 342 g/mol. The summed E-state index contributed by atoms with van der Waals surface area (Å²) >= 11 is 0. The SMILES string of the molecule is Cc1ccc(S(=O)(=O)Oc2ccc3ccccc3c2C(=O)O)cc1. The smallest absolute Gasteiger partial charge is 0.340 e.